The lowest BCUT2D eigenvalue weighted by atomic mass is 10.1. The van der Waals surface area contributed by atoms with Crippen molar-refractivity contribution >= 4 is 5.52 Å². The van der Waals surface area contributed by atoms with Gasteiger partial charge in [-0.1, -0.05) is 34.8 Å². The molecule has 0 aliphatic rings. The molecular formula is C14H11N2O+. The second-order valence-electron chi connectivity index (χ2n) is 3.86. The van der Waals surface area contributed by atoms with E-state index in [2.05, 4.69) is 5.10 Å². The zero-order valence-corrected chi connectivity index (χ0v) is 9.13. The monoisotopic (exact) mass is 223 g/mol. The van der Waals surface area contributed by atoms with Gasteiger partial charge >= 0.3 is 0 Å². The fraction of sp³-hybridized carbons (Fsp3) is 0. The van der Waals surface area contributed by atoms with E-state index in [1.165, 1.54) is 0 Å². The van der Waals surface area contributed by atoms with Gasteiger partial charge in [0.25, 0.3) is 5.56 Å². The average Bonchev–Trinajstić information content (AvgIpc) is 2.39. The summed E-state index contributed by atoms with van der Waals surface area (Å²) in [6.45, 7) is 0. The Balaban J connectivity index is 2.40. The molecule has 0 bridgehead atoms. The number of nitrogens with zero attached hydrogens (tertiary/aromatic N) is 1. The number of pyridine rings is 1. The first kappa shape index (κ1) is 9.78. The first-order chi connectivity index (χ1) is 8.34. The van der Waals surface area contributed by atoms with Crippen molar-refractivity contribution in [2.45, 2.75) is 0 Å². The Hall–Kier alpha value is -2.42. The summed E-state index contributed by atoms with van der Waals surface area (Å²) in [7, 11) is 0. The van der Waals surface area contributed by atoms with Crippen molar-refractivity contribution < 1.29 is 4.52 Å². The molecule has 0 unspecified atom stereocenters. The lowest BCUT2D eigenvalue weighted by molar-refractivity contribution is -0.582. The highest BCUT2D eigenvalue weighted by Crippen LogP contribution is 2.19. The quantitative estimate of drug-likeness (QED) is 0.627. The standard InChI is InChI=1S/C14H10N2O/c17-14-10-12(11-6-2-1-3-7-11)13-8-4-5-9-16(13)15-14/h1-10H/p+1. The van der Waals surface area contributed by atoms with Crippen molar-refractivity contribution in [3.8, 4) is 11.1 Å². The Morgan fingerprint density at radius 2 is 1.71 bits per heavy atom. The summed E-state index contributed by atoms with van der Waals surface area (Å²) < 4.78 is 1.74. The molecule has 0 aliphatic heterocycles. The third-order valence-electron chi connectivity index (χ3n) is 2.73. The highest BCUT2D eigenvalue weighted by Gasteiger charge is 2.11. The zero-order chi connectivity index (χ0) is 11.7. The van der Waals surface area contributed by atoms with Gasteiger partial charge in [-0.05, 0) is 11.6 Å². The predicted octanol–water partition coefficient (Wildman–Crippen LogP) is 1.78. The Kier molecular flexibility index (Phi) is 2.22. The van der Waals surface area contributed by atoms with Crippen molar-refractivity contribution in [3.05, 3.63) is 71.1 Å². The molecule has 17 heavy (non-hydrogen) atoms. The van der Waals surface area contributed by atoms with Gasteiger partial charge in [0, 0.05) is 18.2 Å². The molecule has 0 atom stereocenters. The van der Waals surface area contributed by atoms with Gasteiger partial charge in [-0.2, -0.15) is 0 Å². The molecule has 0 radical (unpaired) electrons. The van der Waals surface area contributed by atoms with Gasteiger partial charge in [0.05, 0.1) is 5.56 Å². The van der Waals surface area contributed by atoms with Crippen LogP contribution in [0.2, 0.25) is 0 Å². The van der Waals surface area contributed by atoms with Gasteiger partial charge in [0.2, 0.25) is 11.7 Å². The minimum Gasteiger partial charge on any atom is -0.264 e. The van der Waals surface area contributed by atoms with E-state index in [4.69, 9.17) is 0 Å². The van der Waals surface area contributed by atoms with Crippen LogP contribution in [-0.2, 0) is 0 Å². The van der Waals surface area contributed by atoms with Crippen molar-refractivity contribution in [2.24, 2.45) is 0 Å². The van der Waals surface area contributed by atoms with E-state index < -0.39 is 0 Å². The van der Waals surface area contributed by atoms with E-state index in [0.29, 0.717) is 0 Å². The topological polar surface area (TPSA) is 37.0 Å². The van der Waals surface area contributed by atoms with Crippen LogP contribution in [0.5, 0.6) is 0 Å². The molecule has 0 amide bonds. The van der Waals surface area contributed by atoms with Crippen LogP contribution in [0.25, 0.3) is 16.6 Å². The number of H-pyrrole nitrogens is 1. The largest absolute Gasteiger partial charge is 0.299 e. The smallest absolute Gasteiger partial charge is 0.264 e. The van der Waals surface area contributed by atoms with Crippen molar-refractivity contribution in [3.63, 3.8) is 0 Å². The fourth-order valence-electron chi connectivity index (χ4n) is 1.97. The lowest BCUT2D eigenvalue weighted by Crippen LogP contribution is -2.33. The first-order valence-electron chi connectivity index (χ1n) is 5.44. The van der Waals surface area contributed by atoms with E-state index in [9.17, 15) is 4.79 Å². The molecule has 1 aromatic carbocycles. The van der Waals surface area contributed by atoms with E-state index in [-0.39, 0.29) is 5.56 Å². The predicted molar refractivity (Wildman–Crippen MR) is 65.7 cm³/mol. The van der Waals surface area contributed by atoms with Gasteiger partial charge in [-0.3, -0.25) is 4.79 Å². The average molecular weight is 223 g/mol. The molecule has 82 valence electrons. The summed E-state index contributed by atoms with van der Waals surface area (Å²) >= 11 is 0. The van der Waals surface area contributed by atoms with Crippen LogP contribution >= 0.6 is 0 Å². The number of nitrogens with one attached hydrogen (secondary N) is 1. The van der Waals surface area contributed by atoms with Crippen LogP contribution < -0.4 is 10.1 Å². The summed E-state index contributed by atoms with van der Waals surface area (Å²) in [6, 6.07) is 17.4. The molecule has 3 aromatic rings. The van der Waals surface area contributed by atoms with Crippen molar-refractivity contribution in [1.29, 1.82) is 0 Å². The second kappa shape index (κ2) is 3.87. The Bertz CT molecular complexity index is 717. The highest BCUT2D eigenvalue weighted by molar-refractivity contribution is 5.76. The molecule has 0 spiro atoms. The number of benzene rings is 1. The van der Waals surface area contributed by atoms with E-state index in [0.717, 1.165) is 16.6 Å². The molecule has 2 heterocycles. The van der Waals surface area contributed by atoms with Gasteiger partial charge in [-0.15, -0.1) is 5.10 Å². The third-order valence-corrected chi connectivity index (χ3v) is 2.73. The summed E-state index contributed by atoms with van der Waals surface area (Å²) in [5.74, 6) is 0. The van der Waals surface area contributed by atoms with Gasteiger partial charge < -0.3 is 0 Å². The first-order valence-corrected chi connectivity index (χ1v) is 5.44. The van der Waals surface area contributed by atoms with Crippen LogP contribution in [0.1, 0.15) is 0 Å². The Morgan fingerprint density at radius 3 is 2.53 bits per heavy atom. The highest BCUT2D eigenvalue weighted by atomic mass is 16.1. The second-order valence-corrected chi connectivity index (χ2v) is 3.86. The fourth-order valence-corrected chi connectivity index (χ4v) is 1.97. The van der Waals surface area contributed by atoms with Crippen LogP contribution in [0.4, 0.5) is 0 Å². The van der Waals surface area contributed by atoms with Gasteiger partial charge in [-0.25, -0.2) is 0 Å². The number of hydrogen-bond acceptors (Lipinski definition) is 1. The molecule has 3 nitrogen and oxygen atoms in total. The van der Waals surface area contributed by atoms with Gasteiger partial charge in [0.15, 0.2) is 0 Å². The van der Waals surface area contributed by atoms with Crippen LogP contribution in [-0.4, -0.2) is 5.10 Å². The summed E-state index contributed by atoms with van der Waals surface area (Å²) in [5.41, 5.74) is 2.86. The number of aromatic amines is 1. The molecular weight excluding hydrogens is 212 g/mol. The molecule has 0 fully saturated rings. The molecule has 3 rings (SSSR count). The normalized spacial score (nSPS) is 10.6. The maximum absolute atomic E-state index is 11.6. The molecule has 0 saturated heterocycles. The van der Waals surface area contributed by atoms with Gasteiger partial charge in [0.1, 0.15) is 0 Å². The van der Waals surface area contributed by atoms with Crippen molar-refractivity contribution in [2.75, 3.05) is 0 Å². The third kappa shape index (κ3) is 1.72. The molecule has 2 aromatic heterocycles. The summed E-state index contributed by atoms with van der Waals surface area (Å²) in [6.07, 6.45) is 1.84. The maximum atomic E-state index is 11.6. The summed E-state index contributed by atoms with van der Waals surface area (Å²) in [5, 5.41) is 2.76. The SMILES string of the molecule is O=c1cc(-c2ccccc2)c2cccc[n+]2[nH]1. The number of aromatic nitrogens is 2. The van der Waals surface area contributed by atoms with E-state index in [1.807, 2.05) is 54.7 Å². The Morgan fingerprint density at radius 1 is 0.941 bits per heavy atom. The minimum absolute atomic E-state index is 0.104. The summed E-state index contributed by atoms with van der Waals surface area (Å²) in [4.78, 5) is 11.6. The maximum Gasteiger partial charge on any atom is 0.299 e. The minimum atomic E-state index is -0.104. The van der Waals surface area contributed by atoms with Crippen LogP contribution in [0.3, 0.4) is 0 Å². The zero-order valence-electron chi connectivity index (χ0n) is 9.13. The van der Waals surface area contributed by atoms with Crippen LogP contribution in [0, 0.1) is 0 Å². The lowest BCUT2D eigenvalue weighted by Gasteiger charge is -2.00. The van der Waals surface area contributed by atoms with E-state index >= 15 is 0 Å². The van der Waals surface area contributed by atoms with Crippen molar-refractivity contribution in [1.82, 2.24) is 5.10 Å². The molecule has 1 N–H and O–H groups in total. The molecule has 0 saturated carbocycles. The molecule has 0 aliphatic carbocycles. The van der Waals surface area contributed by atoms with E-state index in [1.54, 1.807) is 10.6 Å². The number of fused-ring (bicyclic) bond motifs is 1. The molecule has 3 heteroatoms. The Labute approximate surface area is 98.0 Å². The van der Waals surface area contributed by atoms with Crippen LogP contribution in [0.15, 0.2) is 65.6 Å². The number of rotatable bonds is 1. The number of hydrogen-bond donors (Lipinski definition) is 1.